The second-order valence-electron chi connectivity index (χ2n) is 8.21. The first-order valence-corrected chi connectivity index (χ1v) is 10.5. The fourth-order valence-electron chi connectivity index (χ4n) is 4.68. The van der Waals surface area contributed by atoms with Gasteiger partial charge in [0.25, 0.3) is 5.91 Å². The Morgan fingerprint density at radius 1 is 1.06 bits per heavy atom. The van der Waals surface area contributed by atoms with E-state index in [4.69, 9.17) is 9.97 Å². The quantitative estimate of drug-likeness (QED) is 0.547. The standard InChI is InChI=1S/C25H21N5O/c1-15-9-21-23(13-28-25(21)31)29-24(15)30-8-6-22-18(14-30)10-17(12-27-22)19-4-2-3-16-11-26-7-5-20(16)19/h2-5,7,9-12H,6,8,13-14H2,1H3,(H,28,31). The zero-order valence-corrected chi connectivity index (χ0v) is 17.2. The summed E-state index contributed by atoms with van der Waals surface area (Å²) in [4.78, 5) is 28.1. The predicted octanol–water partition coefficient (Wildman–Crippen LogP) is 3.81. The van der Waals surface area contributed by atoms with Gasteiger partial charge in [0.2, 0.25) is 0 Å². The average Bonchev–Trinajstić information content (AvgIpc) is 3.17. The fraction of sp³-hybridized carbons (Fsp3) is 0.200. The zero-order chi connectivity index (χ0) is 20.9. The van der Waals surface area contributed by atoms with Crippen molar-refractivity contribution in [2.24, 2.45) is 0 Å². The Bertz CT molecular complexity index is 1360. The van der Waals surface area contributed by atoms with Crippen molar-refractivity contribution in [3.8, 4) is 11.1 Å². The molecule has 0 unspecified atom stereocenters. The molecule has 0 atom stereocenters. The molecule has 3 aromatic heterocycles. The number of rotatable bonds is 2. The Morgan fingerprint density at radius 2 is 2.00 bits per heavy atom. The number of pyridine rings is 3. The number of nitrogens with zero attached hydrogens (tertiary/aromatic N) is 4. The Morgan fingerprint density at radius 3 is 2.94 bits per heavy atom. The van der Waals surface area contributed by atoms with Gasteiger partial charge in [-0.2, -0.15) is 0 Å². The topological polar surface area (TPSA) is 71.0 Å². The highest BCUT2D eigenvalue weighted by Crippen LogP contribution is 2.32. The number of aromatic nitrogens is 3. The van der Waals surface area contributed by atoms with Crippen LogP contribution in [0.1, 0.15) is 32.9 Å². The number of benzene rings is 1. The van der Waals surface area contributed by atoms with Gasteiger partial charge in [-0.05, 0) is 47.2 Å². The summed E-state index contributed by atoms with van der Waals surface area (Å²) in [7, 11) is 0. The Kier molecular flexibility index (Phi) is 3.99. The molecule has 1 aromatic carbocycles. The van der Waals surface area contributed by atoms with Crippen molar-refractivity contribution in [2.75, 3.05) is 11.4 Å². The van der Waals surface area contributed by atoms with E-state index in [1.807, 2.05) is 31.6 Å². The van der Waals surface area contributed by atoms with Crippen molar-refractivity contribution < 1.29 is 4.79 Å². The summed E-state index contributed by atoms with van der Waals surface area (Å²) in [6.45, 7) is 4.17. The number of hydrogen-bond donors (Lipinski definition) is 1. The summed E-state index contributed by atoms with van der Waals surface area (Å²) in [5, 5.41) is 5.17. The first kappa shape index (κ1) is 18.0. The molecule has 6 heteroatoms. The lowest BCUT2D eigenvalue weighted by Gasteiger charge is -2.31. The van der Waals surface area contributed by atoms with E-state index in [2.05, 4.69) is 45.5 Å². The van der Waals surface area contributed by atoms with Crippen molar-refractivity contribution in [1.29, 1.82) is 0 Å². The maximum atomic E-state index is 12.0. The van der Waals surface area contributed by atoms with Gasteiger partial charge in [-0.25, -0.2) is 4.98 Å². The van der Waals surface area contributed by atoms with Crippen molar-refractivity contribution in [1.82, 2.24) is 20.3 Å². The first-order valence-electron chi connectivity index (χ1n) is 10.5. The van der Waals surface area contributed by atoms with Crippen LogP contribution in [0.5, 0.6) is 0 Å². The smallest absolute Gasteiger partial charge is 0.253 e. The summed E-state index contributed by atoms with van der Waals surface area (Å²) in [6, 6.07) is 12.6. The van der Waals surface area contributed by atoms with E-state index < -0.39 is 0 Å². The van der Waals surface area contributed by atoms with Crippen LogP contribution in [0.3, 0.4) is 0 Å². The van der Waals surface area contributed by atoms with Crippen LogP contribution in [-0.4, -0.2) is 27.4 Å². The van der Waals surface area contributed by atoms with E-state index in [1.165, 1.54) is 16.5 Å². The SMILES string of the molecule is Cc1cc2c(nc1N1CCc3ncc(-c4cccc5cnccc45)cc3C1)CNC2=O. The van der Waals surface area contributed by atoms with Crippen molar-refractivity contribution in [3.05, 3.63) is 83.1 Å². The van der Waals surface area contributed by atoms with Crippen LogP contribution in [0.2, 0.25) is 0 Å². The maximum Gasteiger partial charge on any atom is 0.253 e. The molecular weight excluding hydrogens is 386 g/mol. The molecule has 1 amide bonds. The highest BCUT2D eigenvalue weighted by atomic mass is 16.1. The number of amides is 1. The molecule has 4 aromatic rings. The number of carbonyl (C=O) groups excluding carboxylic acids is 1. The second kappa shape index (κ2) is 6.87. The van der Waals surface area contributed by atoms with Gasteiger partial charge < -0.3 is 10.2 Å². The van der Waals surface area contributed by atoms with Gasteiger partial charge >= 0.3 is 0 Å². The maximum absolute atomic E-state index is 12.0. The van der Waals surface area contributed by atoms with Crippen LogP contribution >= 0.6 is 0 Å². The van der Waals surface area contributed by atoms with E-state index in [0.29, 0.717) is 12.1 Å². The number of fused-ring (bicyclic) bond motifs is 3. The number of anilines is 1. The molecule has 0 saturated heterocycles. The normalized spacial score (nSPS) is 15.0. The van der Waals surface area contributed by atoms with Crippen LogP contribution < -0.4 is 10.2 Å². The van der Waals surface area contributed by atoms with Crippen LogP contribution in [0.25, 0.3) is 21.9 Å². The largest absolute Gasteiger partial charge is 0.352 e. The van der Waals surface area contributed by atoms with Gasteiger partial charge in [0.15, 0.2) is 0 Å². The van der Waals surface area contributed by atoms with Gasteiger partial charge in [0.1, 0.15) is 5.82 Å². The zero-order valence-electron chi connectivity index (χ0n) is 17.2. The van der Waals surface area contributed by atoms with Gasteiger partial charge in [0.05, 0.1) is 17.8 Å². The molecule has 0 aliphatic carbocycles. The minimum absolute atomic E-state index is 0.0275. The molecule has 31 heavy (non-hydrogen) atoms. The molecule has 2 aliphatic rings. The predicted molar refractivity (Wildman–Crippen MR) is 120 cm³/mol. The third-order valence-corrected chi connectivity index (χ3v) is 6.26. The van der Waals surface area contributed by atoms with Crippen LogP contribution in [0.4, 0.5) is 5.82 Å². The Labute approximate surface area is 180 Å². The minimum Gasteiger partial charge on any atom is -0.352 e. The van der Waals surface area contributed by atoms with Crippen LogP contribution in [0.15, 0.2) is 55.0 Å². The van der Waals surface area contributed by atoms with E-state index in [0.717, 1.165) is 53.2 Å². The summed E-state index contributed by atoms with van der Waals surface area (Å²) in [6.07, 6.45) is 6.60. The lowest BCUT2D eigenvalue weighted by atomic mass is 9.97. The first-order chi connectivity index (χ1) is 15.2. The van der Waals surface area contributed by atoms with E-state index in [1.54, 1.807) is 0 Å². The minimum atomic E-state index is -0.0275. The van der Waals surface area contributed by atoms with Gasteiger partial charge in [-0.15, -0.1) is 0 Å². The lowest BCUT2D eigenvalue weighted by Crippen LogP contribution is -2.32. The number of carbonyl (C=O) groups is 1. The molecule has 152 valence electrons. The van der Waals surface area contributed by atoms with Crippen LogP contribution in [0, 0.1) is 6.92 Å². The third kappa shape index (κ3) is 2.94. The fourth-order valence-corrected chi connectivity index (χ4v) is 4.68. The summed E-state index contributed by atoms with van der Waals surface area (Å²) < 4.78 is 0. The molecule has 2 aliphatic heterocycles. The van der Waals surface area contributed by atoms with Crippen molar-refractivity contribution >= 4 is 22.5 Å². The monoisotopic (exact) mass is 407 g/mol. The molecule has 0 bridgehead atoms. The number of hydrogen-bond acceptors (Lipinski definition) is 5. The molecule has 1 N–H and O–H groups in total. The van der Waals surface area contributed by atoms with Crippen LogP contribution in [-0.2, 0) is 19.5 Å². The van der Waals surface area contributed by atoms with Gasteiger partial charge in [0, 0.05) is 54.7 Å². The second-order valence-corrected chi connectivity index (χ2v) is 8.21. The van der Waals surface area contributed by atoms with Crippen molar-refractivity contribution in [3.63, 3.8) is 0 Å². The molecule has 0 fully saturated rings. The van der Waals surface area contributed by atoms with E-state index >= 15 is 0 Å². The van der Waals surface area contributed by atoms with E-state index in [-0.39, 0.29) is 5.91 Å². The van der Waals surface area contributed by atoms with E-state index in [9.17, 15) is 4.79 Å². The van der Waals surface area contributed by atoms with Gasteiger partial charge in [-0.1, -0.05) is 18.2 Å². The number of nitrogens with one attached hydrogen (secondary N) is 1. The summed E-state index contributed by atoms with van der Waals surface area (Å²) in [5.41, 5.74) is 7.24. The highest BCUT2D eigenvalue weighted by molar-refractivity contribution is 5.98. The Hall–Kier alpha value is -3.80. The van der Waals surface area contributed by atoms with Crippen molar-refractivity contribution in [2.45, 2.75) is 26.4 Å². The molecule has 6 nitrogen and oxygen atoms in total. The Balaban J connectivity index is 1.38. The molecular formula is C25H21N5O. The average molecular weight is 407 g/mol. The number of aryl methyl sites for hydroxylation is 1. The summed E-state index contributed by atoms with van der Waals surface area (Å²) >= 11 is 0. The molecule has 0 spiro atoms. The molecule has 0 radical (unpaired) electrons. The van der Waals surface area contributed by atoms with Gasteiger partial charge in [-0.3, -0.25) is 14.8 Å². The lowest BCUT2D eigenvalue weighted by molar-refractivity contribution is 0.0965. The third-order valence-electron chi connectivity index (χ3n) is 6.26. The highest BCUT2D eigenvalue weighted by Gasteiger charge is 2.26. The summed E-state index contributed by atoms with van der Waals surface area (Å²) in [5.74, 6) is 0.933. The molecule has 5 heterocycles. The molecule has 0 saturated carbocycles. The molecule has 6 rings (SSSR count).